The highest BCUT2D eigenvalue weighted by molar-refractivity contribution is 7.89. The normalized spacial score (nSPS) is 15.2. The van der Waals surface area contributed by atoms with E-state index in [4.69, 9.17) is 11.6 Å². The van der Waals surface area contributed by atoms with Crippen LogP contribution in [0.15, 0.2) is 70.9 Å². The van der Waals surface area contributed by atoms with Gasteiger partial charge in [0.1, 0.15) is 9.77 Å². The van der Waals surface area contributed by atoms with E-state index >= 15 is 0 Å². The summed E-state index contributed by atoms with van der Waals surface area (Å²) in [6, 6.07) is 18.0. The molecule has 1 aliphatic rings. The zero-order chi connectivity index (χ0) is 21.1. The number of nitrogens with one attached hydrogen (secondary N) is 1. The third-order valence-electron chi connectivity index (χ3n) is 4.90. The second-order valence-electron chi connectivity index (χ2n) is 6.81. The highest BCUT2D eigenvalue weighted by Gasteiger charge is 2.32. The minimum Gasteiger partial charge on any atom is -0.369 e. The summed E-state index contributed by atoms with van der Waals surface area (Å²) in [5.41, 5.74) is 1.59. The number of piperazine rings is 1. The van der Waals surface area contributed by atoms with Crippen molar-refractivity contribution in [2.24, 2.45) is 0 Å². The smallest absolute Gasteiger partial charge is 0.267 e. The van der Waals surface area contributed by atoms with Crippen LogP contribution in [0.3, 0.4) is 0 Å². The second-order valence-corrected chi connectivity index (χ2v) is 10.1. The maximum absolute atomic E-state index is 13.2. The Balaban J connectivity index is 1.49. The van der Waals surface area contributed by atoms with Crippen molar-refractivity contribution in [3.05, 3.63) is 75.9 Å². The highest BCUT2D eigenvalue weighted by atomic mass is 35.5. The third-order valence-corrected chi connectivity index (χ3v) is 8.12. The van der Waals surface area contributed by atoms with E-state index in [1.165, 1.54) is 10.4 Å². The van der Waals surface area contributed by atoms with Crippen LogP contribution < -0.4 is 10.2 Å². The minimum atomic E-state index is -3.77. The molecule has 0 aliphatic carbocycles. The monoisotopic (exact) mass is 461 g/mol. The van der Waals surface area contributed by atoms with Crippen molar-refractivity contribution in [3.8, 4) is 0 Å². The van der Waals surface area contributed by atoms with E-state index in [0.717, 1.165) is 17.0 Å². The molecule has 1 N–H and O–H groups in total. The standard InChI is InChI=1S/C21H20ClN3O3S2/c22-16-5-4-8-18(15-16)24-10-12-25(13-11-24)30(27,28)19-9-14-29-20(19)21(26)23-17-6-2-1-3-7-17/h1-9,14-15H,10-13H2,(H,23,26). The first-order valence-corrected chi connectivity index (χ1v) is 12.1. The lowest BCUT2D eigenvalue weighted by molar-refractivity contribution is 0.102. The Labute approximate surface area is 184 Å². The maximum Gasteiger partial charge on any atom is 0.267 e. The number of hydrogen-bond acceptors (Lipinski definition) is 5. The van der Waals surface area contributed by atoms with E-state index in [0.29, 0.717) is 36.9 Å². The Hall–Kier alpha value is -2.39. The first-order chi connectivity index (χ1) is 14.4. The van der Waals surface area contributed by atoms with E-state index in [2.05, 4.69) is 10.2 Å². The van der Waals surface area contributed by atoms with Gasteiger partial charge in [-0.25, -0.2) is 8.42 Å². The summed E-state index contributed by atoms with van der Waals surface area (Å²) in [4.78, 5) is 15.0. The number of rotatable bonds is 5. The van der Waals surface area contributed by atoms with Crippen LogP contribution in [0, 0.1) is 0 Å². The molecule has 6 nitrogen and oxygen atoms in total. The van der Waals surface area contributed by atoms with Crippen molar-refractivity contribution in [2.75, 3.05) is 36.4 Å². The number of sulfonamides is 1. The summed E-state index contributed by atoms with van der Waals surface area (Å²) < 4.78 is 27.9. The second kappa shape index (κ2) is 8.77. The van der Waals surface area contributed by atoms with Gasteiger partial charge in [-0.2, -0.15) is 4.31 Å². The van der Waals surface area contributed by atoms with Gasteiger partial charge >= 0.3 is 0 Å². The molecular formula is C21H20ClN3O3S2. The number of nitrogens with zero attached hydrogens (tertiary/aromatic N) is 2. The molecule has 156 valence electrons. The van der Waals surface area contributed by atoms with E-state index in [1.54, 1.807) is 29.6 Å². The molecule has 0 spiro atoms. The molecule has 0 saturated carbocycles. The van der Waals surface area contributed by atoms with Gasteiger partial charge in [0.05, 0.1) is 0 Å². The van der Waals surface area contributed by atoms with Gasteiger partial charge in [-0.05, 0) is 41.8 Å². The summed E-state index contributed by atoms with van der Waals surface area (Å²) in [5.74, 6) is -0.424. The van der Waals surface area contributed by atoms with Gasteiger partial charge in [-0.15, -0.1) is 11.3 Å². The molecule has 30 heavy (non-hydrogen) atoms. The van der Waals surface area contributed by atoms with Crippen LogP contribution in [0.25, 0.3) is 0 Å². The van der Waals surface area contributed by atoms with Crippen LogP contribution in [0.1, 0.15) is 9.67 Å². The molecule has 2 heterocycles. The fourth-order valence-electron chi connectivity index (χ4n) is 3.37. The van der Waals surface area contributed by atoms with Gasteiger partial charge in [-0.3, -0.25) is 4.79 Å². The largest absolute Gasteiger partial charge is 0.369 e. The van der Waals surface area contributed by atoms with E-state index < -0.39 is 15.9 Å². The molecule has 1 aliphatic heterocycles. The van der Waals surface area contributed by atoms with Crippen molar-refractivity contribution in [3.63, 3.8) is 0 Å². The number of carbonyl (C=O) groups excluding carboxylic acids is 1. The number of para-hydroxylation sites is 1. The van der Waals surface area contributed by atoms with E-state index in [1.807, 2.05) is 30.3 Å². The van der Waals surface area contributed by atoms with E-state index in [9.17, 15) is 13.2 Å². The average molecular weight is 462 g/mol. The molecule has 0 atom stereocenters. The van der Waals surface area contributed by atoms with Crippen LogP contribution in [-0.4, -0.2) is 44.8 Å². The summed E-state index contributed by atoms with van der Waals surface area (Å²) in [7, 11) is -3.77. The Morgan fingerprint density at radius 2 is 1.70 bits per heavy atom. The molecule has 1 aromatic heterocycles. The molecule has 0 bridgehead atoms. The van der Waals surface area contributed by atoms with Crippen LogP contribution in [0.5, 0.6) is 0 Å². The average Bonchev–Trinajstić information content (AvgIpc) is 3.26. The van der Waals surface area contributed by atoms with Crippen molar-refractivity contribution in [1.29, 1.82) is 0 Å². The van der Waals surface area contributed by atoms with Crippen LogP contribution in [0.2, 0.25) is 5.02 Å². The molecule has 1 fully saturated rings. The van der Waals surface area contributed by atoms with Crippen molar-refractivity contribution >= 4 is 50.2 Å². The summed E-state index contributed by atoms with van der Waals surface area (Å²) in [6.07, 6.45) is 0. The molecule has 3 aromatic rings. The molecule has 1 saturated heterocycles. The molecule has 0 unspecified atom stereocenters. The summed E-state index contributed by atoms with van der Waals surface area (Å²) in [6.45, 7) is 1.78. The number of amides is 1. The van der Waals surface area contributed by atoms with Crippen molar-refractivity contribution in [1.82, 2.24) is 4.31 Å². The Bertz CT molecular complexity index is 1140. The lowest BCUT2D eigenvalue weighted by Gasteiger charge is -2.35. The van der Waals surface area contributed by atoms with Gasteiger partial charge in [0.2, 0.25) is 10.0 Å². The van der Waals surface area contributed by atoms with Crippen LogP contribution in [0.4, 0.5) is 11.4 Å². The van der Waals surface area contributed by atoms with Crippen LogP contribution >= 0.6 is 22.9 Å². The number of halogens is 1. The van der Waals surface area contributed by atoms with Gasteiger partial charge in [0, 0.05) is 42.6 Å². The minimum absolute atomic E-state index is 0.0529. The van der Waals surface area contributed by atoms with Crippen LogP contribution in [-0.2, 0) is 10.0 Å². The predicted octanol–water partition coefficient (Wildman–Crippen LogP) is 4.16. The molecular weight excluding hydrogens is 442 g/mol. The number of benzene rings is 2. The number of anilines is 2. The Kier molecular flexibility index (Phi) is 6.10. The third kappa shape index (κ3) is 4.37. The molecule has 4 rings (SSSR count). The van der Waals surface area contributed by atoms with Crippen molar-refractivity contribution in [2.45, 2.75) is 4.90 Å². The fraction of sp³-hybridized carbons (Fsp3) is 0.190. The van der Waals surface area contributed by atoms with Gasteiger partial charge in [0.25, 0.3) is 5.91 Å². The molecule has 2 aromatic carbocycles. The lowest BCUT2D eigenvalue weighted by Crippen LogP contribution is -2.48. The quantitative estimate of drug-likeness (QED) is 0.619. The fourth-order valence-corrected chi connectivity index (χ4v) is 6.28. The number of carbonyl (C=O) groups is 1. The molecule has 0 radical (unpaired) electrons. The zero-order valence-electron chi connectivity index (χ0n) is 16.0. The molecule has 1 amide bonds. The summed E-state index contributed by atoms with van der Waals surface area (Å²) in [5, 5.41) is 5.04. The highest BCUT2D eigenvalue weighted by Crippen LogP contribution is 2.28. The zero-order valence-corrected chi connectivity index (χ0v) is 18.4. The topological polar surface area (TPSA) is 69.7 Å². The first kappa shape index (κ1) is 20.9. The number of hydrogen-bond donors (Lipinski definition) is 1. The predicted molar refractivity (Wildman–Crippen MR) is 121 cm³/mol. The van der Waals surface area contributed by atoms with Crippen molar-refractivity contribution < 1.29 is 13.2 Å². The van der Waals surface area contributed by atoms with Gasteiger partial charge in [-0.1, -0.05) is 35.9 Å². The summed E-state index contributed by atoms with van der Waals surface area (Å²) >= 11 is 7.19. The Morgan fingerprint density at radius 1 is 0.967 bits per heavy atom. The van der Waals surface area contributed by atoms with E-state index in [-0.39, 0.29) is 9.77 Å². The van der Waals surface area contributed by atoms with Gasteiger partial charge in [0.15, 0.2) is 0 Å². The SMILES string of the molecule is O=C(Nc1ccccc1)c1sccc1S(=O)(=O)N1CCN(c2cccc(Cl)c2)CC1. The van der Waals surface area contributed by atoms with Gasteiger partial charge < -0.3 is 10.2 Å². The maximum atomic E-state index is 13.2. The lowest BCUT2D eigenvalue weighted by atomic mass is 10.2. The first-order valence-electron chi connectivity index (χ1n) is 9.40. The molecule has 9 heteroatoms. The Morgan fingerprint density at radius 3 is 2.40 bits per heavy atom. The number of thiophene rings is 1.